The predicted octanol–water partition coefficient (Wildman–Crippen LogP) is 6.25. The maximum atomic E-state index is 15.5. The Morgan fingerprint density at radius 2 is 1.91 bits per heavy atom. The van der Waals surface area contributed by atoms with Crippen molar-refractivity contribution in [3.8, 4) is 11.4 Å². The second-order valence-corrected chi connectivity index (χ2v) is 9.08. The van der Waals surface area contributed by atoms with E-state index in [9.17, 15) is 0 Å². The summed E-state index contributed by atoms with van der Waals surface area (Å²) in [6, 6.07) is 11.4. The summed E-state index contributed by atoms with van der Waals surface area (Å²) in [5.74, 6) is -0.685. The lowest BCUT2D eigenvalue weighted by Gasteiger charge is -2.25. The summed E-state index contributed by atoms with van der Waals surface area (Å²) in [6.07, 6.45) is 4.22. The molecular weight excluding hydrogens is 452 g/mol. The lowest BCUT2D eigenvalue weighted by atomic mass is 9.88. The number of benzene rings is 2. The van der Waals surface area contributed by atoms with Gasteiger partial charge in [-0.25, -0.2) is 9.07 Å². The summed E-state index contributed by atoms with van der Waals surface area (Å²) in [6.45, 7) is 1.88. The van der Waals surface area contributed by atoms with E-state index in [0.29, 0.717) is 17.1 Å². The first-order chi connectivity index (χ1) is 15.4. The van der Waals surface area contributed by atoms with Crippen molar-refractivity contribution >= 4 is 28.9 Å². The summed E-state index contributed by atoms with van der Waals surface area (Å²) in [5, 5.41) is 9.49. The summed E-state index contributed by atoms with van der Waals surface area (Å²) < 4.78 is 22.3. The number of aryl methyl sites for hydroxylation is 1. The van der Waals surface area contributed by atoms with E-state index in [4.69, 9.17) is 32.8 Å². The van der Waals surface area contributed by atoms with Crippen molar-refractivity contribution < 1.29 is 14.0 Å². The van der Waals surface area contributed by atoms with E-state index in [1.165, 1.54) is 11.8 Å². The van der Waals surface area contributed by atoms with Crippen molar-refractivity contribution in [2.45, 2.75) is 44.6 Å². The van der Waals surface area contributed by atoms with E-state index in [-0.39, 0.29) is 16.5 Å². The second-order valence-electron chi connectivity index (χ2n) is 8.34. The number of oxime groups is 1. The Balaban J connectivity index is 1.61. The summed E-state index contributed by atoms with van der Waals surface area (Å²) in [7, 11) is 1.39. The third-order valence-electron chi connectivity index (χ3n) is 6.21. The van der Waals surface area contributed by atoms with Crippen LogP contribution in [0.25, 0.3) is 5.69 Å². The van der Waals surface area contributed by atoms with Crippen LogP contribution in [0.15, 0.2) is 41.6 Å². The van der Waals surface area contributed by atoms with Crippen LogP contribution < -0.4 is 4.74 Å². The third kappa shape index (κ3) is 3.37. The minimum absolute atomic E-state index is 0.0679. The van der Waals surface area contributed by atoms with Gasteiger partial charge < -0.3 is 9.57 Å². The van der Waals surface area contributed by atoms with Gasteiger partial charge in [0, 0.05) is 17.5 Å². The fourth-order valence-corrected chi connectivity index (χ4v) is 5.21. The molecule has 0 fully saturated rings. The highest BCUT2D eigenvalue weighted by atomic mass is 35.5. The van der Waals surface area contributed by atoms with Gasteiger partial charge in [-0.05, 0) is 44.2 Å². The maximum Gasteiger partial charge on any atom is 0.192 e. The molecule has 0 spiro atoms. The van der Waals surface area contributed by atoms with Crippen molar-refractivity contribution in [3.63, 3.8) is 0 Å². The normalized spacial score (nSPS) is 20.0. The average Bonchev–Trinajstić information content (AvgIpc) is 3.36. The summed E-state index contributed by atoms with van der Waals surface area (Å²) in [4.78, 5) is 5.88. The van der Waals surface area contributed by atoms with Gasteiger partial charge >= 0.3 is 0 Å². The number of hydrogen-bond acceptors (Lipinski definition) is 4. The van der Waals surface area contributed by atoms with Crippen LogP contribution in [0.5, 0.6) is 5.75 Å². The first-order valence-corrected chi connectivity index (χ1v) is 11.3. The highest BCUT2D eigenvalue weighted by Gasteiger charge is 2.41. The highest BCUT2D eigenvalue weighted by Crippen LogP contribution is 2.46. The van der Waals surface area contributed by atoms with Gasteiger partial charge in [-0.15, -0.1) is 0 Å². The molecular formula is C24H22Cl2FN3O2. The number of nitrogens with zero attached hydrogens (tertiary/aromatic N) is 3. The van der Waals surface area contributed by atoms with E-state index in [2.05, 4.69) is 10.3 Å². The van der Waals surface area contributed by atoms with Gasteiger partial charge in [0.25, 0.3) is 0 Å². The van der Waals surface area contributed by atoms with Crippen LogP contribution in [-0.2, 0) is 23.3 Å². The lowest BCUT2D eigenvalue weighted by Crippen LogP contribution is -2.23. The Kier molecular flexibility index (Phi) is 5.38. The average molecular weight is 474 g/mol. The molecule has 0 saturated carbocycles. The molecule has 0 bridgehead atoms. The van der Waals surface area contributed by atoms with E-state index in [1.54, 1.807) is 6.07 Å². The number of hydrogen-bond donors (Lipinski definition) is 0. The van der Waals surface area contributed by atoms with Crippen LogP contribution in [0, 0.1) is 5.82 Å². The van der Waals surface area contributed by atoms with Crippen molar-refractivity contribution in [2.75, 3.05) is 7.11 Å². The quantitative estimate of drug-likeness (QED) is 0.450. The van der Waals surface area contributed by atoms with Crippen LogP contribution in [-0.4, -0.2) is 22.6 Å². The second kappa shape index (κ2) is 8.09. The van der Waals surface area contributed by atoms with Crippen molar-refractivity contribution in [1.82, 2.24) is 9.78 Å². The number of rotatable bonds is 4. The monoisotopic (exact) mass is 473 g/mol. The molecule has 1 aliphatic heterocycles. The van der Waals surface area contributed by atoms with Gasteiger partial charge in [-0.1, -0.05) is 58.7 Å². The Hall–Kier alpha value is -2.57. The van der Waals surface area contributed by atoms with Gasteiger partial charge in [0.05, 0.1) is 23.5 Å². The number of fused-ring (bicyclic) bond motifs is 1. The zero-order valence-electron chi connectivity index (χ0n) is 17.8. The molecule has 0 saturated heterocycles. The molecule has 2 aromatic carbocycles. The molecule has 1 aliphatic carbocycles. The maximum absolute atomic E-state index is 15.5. The number of halogens is 3. The molecule has 0 radical (unpaired) electrons. The van der Waals surface area contributed by atoms with Gasteiger partial charge in [0.15, 0.2) is 17.2 Å². The molecule has 1 atom stereocenters. The first kappa shape index (κ1) is 21.3. The number of methoxy groups -OCH3 is 1. The Morgan fingerprint density at radius 1 is 1.16 bits per heavy atom. The van der Waals surface area contributed by atoms with Gasteiger partial charge in [0.1, 0.15) is 10.8 Å². The smallest absolute Gasteiger partial charge is 0.192 e. The Morgan fingerprint density at radius 3 is 2.62 bits per heavy atom. The fraction of sp³-hybridized carbons (Fsp3) is 0.333. The molecule has 2 heterocycles. The minimum Gasteiger partial charge on any atom is -0.492 e. The molecule has 0 N–H and O–H groups in total. The molecule has 8 heteroatoms. The molecule has 1 aromatic heterocycles. The van der Waals surface area contributed by atoms with Gasteiger partial charge in [-0.3, -0.25) is 0 Å². The lowest BCUT2D eigenvalue weighted by molar-refractivity contribution is -0.00750. The van der Waals surface area contributed by atoms with E-state index in [1.807, 2.05) is 37.3 Å². The summed E-state index contributed by atoms with van der Waals surface area (Å²) >= 11 is 13.3. The molecule has 32 heavy (non-hydrogen) atoms. The minimum atomic E-state index is -0.906. The zero-order chi connectivity index (χ0) is 22.5. The van der Waals surface area contributed by atoms with Crippen molar-refractivity contribution in [3.05, 3.63) is 74.8 Å². The highest BCUT2D eigenvalue weighted by molar-refractivity contribution is 6.33. The van der Waals surface area contributed by atoms with E-state index < -0.39 is 11.4 Å². The fourth-order valence-electron chi connectivity index (χ4n) is 4.46. The molecule has 0 amide bonds. The number of ether oxygens (including phenoxy) is 1. The third-order valence-corrected chi connectivity index (χ3v) is 6.97. The SMILES string of the molecule is COc1c(F)c(-n2nc3c(c2Cl)CCCC3)cc(C2(C)CC(c3ccccc3)=NO2)c1Cl. The van der Waals surface area contributed by atoms with Crippen LogP contribution in [0.3, 0.4) is 0 Å². The predicted molar refractivity (Wildman–Crippen MR) is 123 cm³/mol. The van der Waals surface area contributed by atoms with Gasteiger partial charge in [-0.2, -0.15) is 5.10 Å². The Labute approximate surface area is 195 Å². The largest absolute Gasteiger partial charge is 0.492 e. The molecule has 1 unspecified atom stereocenters. The van der Waals surface area contributed by atoms with Crippen molar-refractivity contribution in [2.24, 2.45) is 5.16 Å². The van der Waals surface area contributed by atoms with Crippen LogP contribution in [0.2, 0.25) is 10.2 Å². The number of aromatic nitrogens is 2. The molecule has 5 rings (SSSR count). The molecule has 5 nitrogen and oxygen atoms in total. The molecule has 166 valence electrons. The van der Waals surface area contributed by atoms with E-state index in [0.717, 1.165) is 48.2 Å². The van der Waals surface area contributed by atoms with E-state index >= 15 is 4.39 Å². The summed E-state index contributed by atoms with van der Waals surface area (Å²) in [5.41, 5.74) is 3.48. The standard InChI is InChI=1S/C24H22Cl2FN3O2/c1-24(13-18(29-32-24)14-8-4-3-5-9-14)16-12-19(21(27)22(31-2)20(16)25)30-23(26)15-10-6-7-11-17(15)28-30/h3-5,8-9,12H,6-7,10-11,13H2,1-2H3. The molecule has 3 aromatic rings. The first-order valence-electron chi connectivity index (χ1n) is 10.6. The topological polar surface area (TPSA) is 48.6 Å². The van der Waals surface area contributed by atoms with Gasteiger partial charge in [0.2, 0.25) is 0 Å². The molecule has 2 aliphatic rings. The van der Waals surface area contributed by atoms with Crippen LogP contribution in [0.4, 0.5) is 4.39 Å². The Bertz CT molecular complexity index is 1230. The zero-order valence-corrected chi connectivity index (χ0v) is 19.3. The van der Waals surface area contributed by atoms with Crippen molar-refractivity contribution in [1.29, 1.82) is 0 Å². The van der Waals surface area contributed by atoms with Crippen LogP contribution in [0.1, 0.15) is 48.6 Å². The van der Waals surface area contributed by atoms with Crippen LogP contribution >= 0.6 is 23.2 Å².